The van der Waals surface area contributed by atoms with Gasteiger partial charge in [-0.05, 0) is 36.5 Å². The molecule has 1 aliphatic carbocycles. The summed E-state index contributed by atoms with van der Waals surface area (Å²) in [5.41, 5.74) is 0.513. The highest BCUT2D eigenvalue weighted by Gasteiger charge is 2.50. The number of halogens is 1. The lowest BCUT2D eigenvalue weighted by Crippen LogP contribution is -2.49. The standard InChI is InChI=1S/C14H19FO3S/c1-4-14(2)10(8-13(14)16)9-5-6-12(11(15)7-9)19(3,17)18/h5-7,10,13,16H,4,8H2,1-3H3. The molecule has 0 bridgehead atoms. The van der Waals surface area contributed by atoms with Crippen molar-refractivity contribution in [3.05, 3.63) is 29.6 Å². The summed E-state index contributed by atoms with van der Waals surface area (Å²) in [7, 11) is -3.53. The summed E-state index contributed by atoms with van der Waals surface area (Å²) in [4.78, 5) is -0.269. The number of benzene rings is 1. The number of rotatable bonds is 3. The maximum Gasteiger partial charge on any atom is 0.178 e. The Bertz CT molecular complexity index is 597. The zero-order valence-corrected chi connectivity index (χ0v) is 12.2. The van der Waals surface area contributed by atoms with E-state index in [1.54, 1.807) is 6.07 Å². The number of aliphatic hydroxyl groups is 1. The Morgan fingerprint density at radius 3 is 2.53 bits per heavy atom. The number of aliphatic hydroxyl groups excluding tert-OH is 1. The number of hydrogen-bond donors (Lipinski definition) is 1. The molecule has 0 spiro atoms. The normalized spacial score (nSPS) is 31.0. The van der Waals surface area contributed by atoms with Gasteiger partial charge in [-0.15, -0.1) is 0 Å². The predicted molar refractivity (Wildman–Crippen MR) is 71.3 cm³/mol. The summed E-state index contributed by atoms with van der Waals surface area (Å²) >= 11 is 0. The fourth-order valence-corrected chi connectivity index (χ4v) is 3.60. The Kier molecular flexibility index (Phi) is 3.47. The minimum absolute atomic E-state index is 0.0793. The highest BCUT2D eigenvalue weighted by molar-refractivity contribution is 7.90. The Hall–Kier alpha value is -0.940. The molecule has 3 atom stereocenters. The lowest BCUT2D eigenvalue weighted by Gasteiger charge is -2.51. The van der Waals surface area contributed by atoms with Gasteiger partial charge < -0.3 is 5.11 Å². The van der Waals surface area contributed by atoms with Gasteiger partial charge in [0.25, 0.3) is 0 Å². The van der Waals surface area contributed by atoms with Crippen LogP contribution in [0.15, 0.2) is 23.1 Å². The van der Waals surface area contributed by atoms with Crippen LogP contribution in [0.5, 0.6) is 0 Å². The van der Waals surface area contributed by atoms with Crippen molar-refractivity contribution in [2.45, 2.75) is 43.6 Å². The van der Waals surface area contributed by atoms with Crippen LogP contribution in [0.25, 0.3) is 0 Å². The van der Waals surface area contributed by atoms with Crippen molar-refractivity contribution in [3.63, 3.8) is 0 Å². The van der Waals surface area contributed by atoms with E-state index in [1.807, 2.05) is 13.8 Å². The lowest BCUT2D eigenvalue weighted by atomic mass is 9.55. The van der Waals surface area contributed by atoms with Crippen molar-refractivity contribution in [3.8, 4) is 0 Å². The maximum atomic E-state index is 13.9. The maximum absolute atomic E-state index is 13.9. The predicted octanol–water partition coefficient (Wildman–Crippen LogP) is 2.49. The van der Waals surface area contributed by atoms with Crippen LogP contribution >= 0.6 is 0 Å². The van der Waals surface area contributed by atoms with Crippen molar-refractivity contribution in [2.75, 3.05) is 6.26 Å². The van der Waals surface area contributed by atoms with Crippen LogP contribution in [-0.4, -0.2) is 25.9 Å². The number of hydrogen-bond acceptors (Lipinski definition) is 3. The van der Waals surface area contributed by atoms with Crippen LogP contribution in [0, 0.1) is 11.2 Å². The molecule has 106 valence electrons. The largest absolute Gasteiger partial charge is 0.393 e. The van der Waals surface area contributed by atoms with Gasteiger partial charge in [0, 0.05) is 11.7 Å². The molecule has 5 heteroatoms. The summed E-state index contributed by atoms with van der Waals surface area (Å²) in [6, 6.07) is 4.27. The summed E-state index contributed by atoms with van der Waals surface area (Å²) in [5.74, 6) is -0.629. The highest BCUT2D eigenvalue weighted by Crippen LogP contribution is 2.54. The molecule has 3 unspecified atom stereocenters. The van der Waals surface area contributed by atoms with Crippen LogP contribution in [0.4, 0.5) is 4.39 Å². The van der Waals surface area contributed by atoms with Crippen LogP contribution in [-0.2, 0) is 9.84 Å². The third kappa shape index (κ3) is 2.30. The van der Waals surface area contributed by atoms with E-state index in [2.05, 4.69) is 0 Å². The van der Waals surface area contributed by atoms with Crippen LogP contribution in [0.3, 0.4) is 0 Å². The Balaban J connectivity index is 2.37. The monoisotopic (exact) mass is 286 g/mol. The molecule has 0 aromatic heterocycles. The minimum atomic E-state index is -3.53. The molecule has 1 aromatic carbocycles. The molecular weight excluding hydrogens is 267 g/mol. The van der Waals surface area contributed by atoms with E-state index in [4.69, 9.17) is 0 Å². The van der Waals surface area contributed by atoms with E-state index < -0.39 is 15.7 Å². The van der Waals surface area contributed by atoms with Gasteiger partial charge in [-0.3, -0.25) is 0 Å². The molecule has 3 nitrogen and oxygen atoms in total. The summed E-state index contributed by atoms with van der Waals surface area (Å²) < 4.78 is 36.6. The molecular formula is C14H19FO3S. The van der Waals surface area contributed by atoms with Gasteiger partial charge in [0.1, 0.15) is 10.7 Å². The van der Waals surface area contributed by atoms with Gasteiger partial charge in [-0.25, -0.2) is 12.8 Å². The van der Waals surface area contributed by atoms with Gasteiger partial charge in [-0.2, -0.15) is 0 Å². The van der Waals surface area contributed by atoms with E-state index in [0.717, 1.165) is 18.2 Å². The molecule has 0 radical (unpaired) electrons. The molecule has 0 heterocycles. The first-order chi connectivity index (χ1) is 8.70. The van der Waals surface area contributed by atoms with Crippen LogP contribution in [0.1, 0.15) is 38.2 Å². The zero-order valence-electron chi connectivity index (χ0n) is 11.4. The second kappa shape index (κ2) is 4.56. The number of sulfone groups is 1. The van der Waals surface area contributed by atoms with Gasteiger partial charge in [0.15, 0.2) is 9.84 Å². The van der Waals surface area contributed by atoms with Gasteiger partial charge in [0.05, 0.1) is 6.10 Å². The second-order valence-corrected chi connectivity index (χ2v) is 7.61. The first-order valence-corrected chi connectivity index (χ1v) is 8.27. The molecule has 2 rings (SSSR count). The topological polar surface area (TPSA) is 54.4 Å². The van der Waals surface area contributed by atoms with Gasteiger partial charge in [0.2, 0.25) is 0 Å². The van der Waals surface area contributed by atoms with Crippen LogP contribution in [0.2, 0.25) is 0 Å². The van der Waals surface area contributed by atoms with E-state index in [0.29, 0.717) is 6.42 Å². The smallest absolute Gasteiger partial charge is 0.178 e. The van der Waals surface area contributed by atoms with E-state index in [1.165, 1.54) is 12.1 Å². The van der Waals surface area contributed by atoms with Crippen molar-refractivity contribution in [2.24, 2.45) is 5.41 Å². The Morgan fingerprint density at radius 1 is 1.47 bits per heavy atom. The second-order valence-electron chi connectivity index (χ2n) is 5.63. The molecule has 1 N–H and O–H groups in total. The first-order valence-electron chi connectivity index (χ1n) is 6.37. The zero-order chi connectivity index (χ0) is 14.4. The Morgan fingerprint density at radius 2 is 2.11 bits per heavy atom. The fourth-order valence-electron chi connectivity index (χ4n) is 2.87. The molecule has 0 amide bonds. The van der Waals surface area contributed by atoms with Crippen molar-refractivity contribution >= 4 is 9.84 Å². The molecule has 0 aliphatic heterocycles. The molecule has 1 saturated carbocycles. The summed E-state index contributed by atoms with van der Waals surface area (Å²) in [5, 5.41) is 9.86. The lowest BCUT2D eigenvalue weighted by molar-refractivity contribution is -0.0778. The summed E-state index contributed by atoms with van der Waals surface area (Å²) in [6.45, 7) is 3.98. The third-order valence-corrected chi connectivity index (χ3v) is 5.67. The van der Waals surface area contributed by atoms with Crippen LogP contribution < -0.4 is 0 Å². The SMILES string of the molecule is CCC1(C)C(O)CC1c1ccc(S(C)(=O)=O)c(F)c1. The molecule has 0 saturated heterocycles. The molecule has 1 fully saturated rings. The molecule has 1 aliphatic rings. The van der Waals surface area contributed by atoms with E-state index >= 15 is 0 Å². The first kappa shape index (κ1) is 14.5. The van der Waals surface area contributed by atoms with Crippen molar-refractivity contribution in [1.82, 2.24) is 0 Å². The highest BCUT2D eigenvalue weighted by atomic mass is 32.2. The van der Waals surface area contributed by atoms with E-state index in [9.17, 15) is 17.9 Å². The quantitative estimate of drug-likeness (QED) is 0.929. The molecule has 19 heavy (non-hydrogen) atoms. The van der Waals surface area contributed by atoms with Gasteiger partial charge in [-0.1, -0.05) is 19.9 Å². The Labute approximate surface area is 113 Å². The minimum Gasteiger partial charge on any atom is -0.393 e. The van der Waals surface area contributed by atoms with E-state index in [-0.39, 0.29) is 22.3 Å². The summed E-state index contributed by atoms with van der Waals surface area (Å²) in [6.07, 6.45) is 2.02. The van der Waals surface area contributed by atoms with Gasteiger partial charge >= 0.3 is 0 Å². The molecule has 1 aromatic rings. The van der Waals surface area contributed by atoms with Crippen molar-refractivity contribution in [1.29, 1.82) is 0 Å². The van der Waals surface area contributed by atoms with Crippen molar-refractivity contribution < 1.29 is 17.9 Å². The average Bonchev–Trinajstić information content (AvgIpc) is 2.32. The fraction of sp³-hybridized carbons (Fsp3) is 0.571. The third-order valence-electron chi connectivity index (χ3n) is 4.54. The average molecular weight is 286 g/mol.